The molecular weight excluding hydrogens is 430 g/mol. The lowest BCUT2D eigenvalue weighted by molar-refractivity contribution is -0.119. The number of hydrogen-bond acceptors (Lipinski definition) is 8. The molecule has 10 nitrogen and oxygen atoms in total. The van der Waals surface area contributed by atoms with Gasteiger partial charge in [-0.05, 0) is 24.3 Å². The second kappa shape index (κ2) is 10.4. The van der Waals surface area contributed by atoms with Crippen molar-refractivity contribution in [2.75, 3.05) is 18.9 Å². The quantitative estimate of drug-likeness (QED) is 0.681. The van der Waals surface area contributed by atoms with Crippen LogP contribution in [0, 0.1) is 0 Å². The Morgan fingerprint density at radius 3 is 2.87 bits per heavy atom. The fourth-order valence-electron chi connectivity index (χ4n) is 2.60. The summed E-state index contributed by atoms with van der Waals surface area (Å²) < 4.78 is 5.44. The van der Waals surface area contributed by atoms with E-state index in [1.54, 1.807) is 17.5 Å². The van der Waals surface area contributed by atoms with Crippen molar-refractivity contribution in [3.05, 3.63) is 22.4 Å². The molecule has 2 aliphatic rings. The van der Waals surface area contributed by atoms with Gasteiger partial charge in [-0.3, -0.25) is 19.2 Å². The molecule has 4 amide bonds. The van der Waals surface area contributed by atoms with E-state index in [0.29, 0.717) is 18.0 Å². The highest BCUT2D eigenvalue weighted by molar-refractivity contribution is 8.14. The molecule has 12 heteroatoms. The van der Waals surface area contributed by atoms with Crippen LogP contribution in [0.25, 0.3) is 0 Å². The highest BCUT2D eigenvalue weighted by Gasteiger charge is 2.27. The summed E-state index contributed by atoms with van der Waals surface area (Å²) in [7, 11) is 0. The first-order valence-corrected chi connectivity index (χ1v) is 11.0. The summed E-state index contributed by atoms with van der Waals surface area (Å²) in [5.74, 6) is -2.38. The van der Waals surface area contributed by atoms with E-state index in [1.807, 2.05) is 0 Å². The van der Waals surface area contributed by atoms with Crippen molar-refractivity contribution in [2.45, 2.75) is 25.9 Å². The maximum Gasteiger partial charge on any atom is 0.302 e. The van der Waals surface area contributed by atoms with Gasteiger partial charge in [0.15, 0.2) is 16.7 Å². The minimum Gasteiger partial charge on any atom is -0.376 e. The van der Waals surface area contributed by atoms with Gasteiger partial charge >= 0.3 is 5.91 Å². The van der Waals surface area contributed by atoms with E-state index >= 15 is 0 Å². The second-order valence-electron chi connectivity index (χ2n) is 6.31. The van der Waals surface area contributed by atoms with Crippen LogP contribution in [0.4, 0.5) is 0 Å². The molecule has 30 heavy (non-hydrogen) atoms. The van der Waals surface area contributed by atoms with E-state index in [4.69, 9.17) is 4.74 Å². The van der Waals surface area contributed by atoms with Crippen molar-refractivity contribution < 1.29 is 23.9 Å². The number of ether oxygens (including phenoxy) is 1. The molecule has 2 aliphatic heterocycles. The Balaban J connectivity index is 1.65. The number of aliphatic imine (C=N–C) groups is 3. The summed E-state index contributed by atoms with van der Waals surface area (Å²) in [6.45, 7) is 2.36. The fourth-order valence-corrected chi connectivity index (χ4v) is 3.88. The van der Waals surface area contributed by atoms with Crippen LogP contribution in [-0.4, -0.2) is 65.4 Å². The van der Waals surface area contributed by atoms with Crippen molar-refractivity contribution in [1.29, 1.82) is 0 Å². The predicted molar refractivity (Wildman–Crippen MR) is 114 cm³/mol. The van der Waals surface area contributed by atoms with Crippen LogP contribution in [0.1, 0.15) is 29.4 Å². The Labute approximate surface area is 180 Å². The zero-order valence-corrected chi connectivity index (χ0v) is 17.7. The largest absolute Gasteiger partial charge is 0.376 e. The summed E-state index contributed by atoms with van der Waals surface area (Å²) in [5.41, 5.74) is -0.351. The lowest BCUT2D eigenvalue weighted by atomic mass is 10.2. The molecule has 1 aromatic heterocycles. The van der Waals surface area contributed by atoms with Crippen LogP contribution in [-0.2, 0) is 19.1 Å². The van der Waals surface area contributed by atoms with Crippen LogP contribution >= 0.6 is 23.1 Å². The van der Waals surface area contributed by atoms with Crippen molar-refractivity contribution in [3.8, 4) is 0 Å². The Hall–Kier alpha value is -2.70. The number of carbonyl (C=O) groups is 4. The highest BCUT2D eigenvalue weighted by atomic mass is 32.2. The molecule has 0 spiro atoms. The van der Waals surface area contributed by atoms with Gasteiger partial charge in [0.2, 0.25) is 11.8 Å². The summed E-state index contributed by atoms with van der Waals surface area (Å²) >= 11 is 2.11. The molecule has 3 heterocycles. The molecule has 0 saturated carbocycles. The van der Waals surface area contributed by atoms with Crippen molar-refractivity contribution in [2.24, 2.45) is 15.0 Å². The van der Waals surface area contributed by atoms with E-state index in [9.17, 15) is 19.2 Å². The van der Waals surface area contributed by atoms with Gasteiger partial charge in [-0.2, -0.15) is 9.98 Å². The first kappa shape index (κ1) is 22.0. The average Bonchev–Trinajstić information content (AvgIpc) is 3.40. The van der Waals surface area contributed by atoms with Crippen molar-refractivity contribution in [1.82, 2.24) is 10.6 Å². The van der Waals surface area contributed by atoms with Gasteiger partial charge in [-0.1, -0.05) is 17.8 Å². The van der Waals surface area contributed by atoms with Crippen LogP contribution in [0.5, 0.6) is 0 Å². The lowest BCUT2D eigenvalue weighted by Crippen LogP contribution is -2.41. The maximum atomic E-state index is 12.4. The average molecular weight is 450 g/mol. The molecule has 0 aromatic carbocycles. The second-order valence-corrected chi connectivity index (χ2v) is 8.20. The van der Waals surface area contributed by atoms with Gasteiger partial charge in [-0.15, -0.1) is 11.3 Å². The van der Waals surface area contributed by atoms with Gasteiger partial charge in [0.25, 0.3) is 5.91 Å². The summed E-state index contributed by atoms with van der Waals surface area (Å²) in [6.07, 6.45) is 1.91. The summed E-state index contributed by atoms with van der Waals surface area (Å²) in [6, 6.07) is 3.25. The normalized spacial score (nSPS) is 20.0. The van der Waals surface area contributed by atoms with E-state index in [-0.39, 0.29) is 34.5 Å². The topological polar surface area (TPSA) is 139 Å². The van der Waals surface area contributed by atoms with Gasteiger partial charge < -0.3 is 15.4 Å². The summed E-state index contributed by atoms with van der Waals surface area (Å²) in [5, 5.41) is 6.85. The van der Waals surface area contributed by atoms with E-state index in [0.717, 1.165) is 24.6 Å². The molecular formula is C18H19N5O5S2. The molecule has 1 aromatic rings. The molecule has 0 bridgehead atoms. The lowest BCUT2D eigenvalue weighted by Gasteiger charge is -2.13. The number of thiophene rings is 1. The van der Waals surface area contributed by atoms with E-state index < -0.39 is 17.7 Å². The number of thioether (sulfide) groups is 1. The molecule has 1 atom stereocenters. The Morgan fingerprint density at radius 1 is 1.37 bits per heavy atom. The Kier molecular flexibility index (Phi) is 7.60. The van der Waals surface area contributed by atoms with Crippen LogP contribution in [0.2, 0.25) is 0 Å². The van der Waals surface area contributed by atoms with Crippen LogP contribution < -0.4 is 10.6 Å². The predicted octanol–water partition coefficient (Wildman–Crippen LogP) is 0.789. The minimum absolute atomic E-state index is 0.00135. The van der Waals surface area contributed by atoms with Crippen LogP contribution in [0.15, 0.2) is 32.5 Å². The monoisotopic (exact) mass is 449 g/mol. The Morgan fingerprint density at radius 2 is 2.20 bits per heavy atom. The van der Waals surface area contributed by atoms with Gasteiger partial charge in [-0.25, -0.2) is 4.99 Å². The van der Waals surface area contributed by atoms with Crippen LogP contribution in [0.3, 0.4) is 0 Å². The number of amides is 4. The van der Waals surface area contributed by atoms with E-state index in [1.165, 1.54) is 18.3 Å². The van der Waals surface area contributed by atoms with Gasteiger partial charge in [0.05, 0.1) is 16.7 Å². The zero-order chi connectivity index (χ0) is 21.5. The SMILES string of the molecule is CC(=O)NC1=NC(SCC(=O)NCC2CCCO2)=NC(=O)C1=NC(=O)c1cccs1. The van der Waals surface area contributed by atoms with Gasteiger partial charge in [0, 0.05) is 20.1 Å². The van der Waals surface area contributed by atoms with E-state index in [2.05, 4.69) is 25.6 Å². The highest BCUT2D eigenvalue weighted by Crippen LogP contribution is 2.14. The first-order chi connectivity index (χ1) is 14.4. The number of amidine groups is 2. The maximum absolute atomic E-state index is 12.4. The molecule has 1 unspecified atom stereocenters. The Bertz CT molecular complexity index is 933. The first-order valence-electron chi connectivity index (χ1n) is 9.09. The molecule has 1 fully saturated rings. The van der Waals surface area contributed by atoms with Gasteiger partial charge in [0.1, 0.15) is 0 Å². The molecule has 158 valence electrons. The standard InChI is InChI=1S/C18H19N5O5S2/c1-10(24)20-15-14(21-16(26)12-5-3-7-29-12)17(27)23-18(22-15)30-9-13(25)19-8-11-4-2-6-28-11/h3,5,7,11H,2,4,6,8-9H2,1H3,(H,19,25)(H,20,22,23,24,27). The number of nitrogens with zero attached hydrogens (tertiary/aromatic N) is 3. The third kappa shape index (κ3) is 6.15. The smallest absolute Gasteiger partial charge is 0.302 e. The molecule has 0 aliphatic carbocycles. The van der Waals surface area contributed by atoms with Crippen molar-refractivity contribution in [3.63, 3.8) is 0 Å². The molecule has 1 saturated heterocycles. The van der Waals surface area contributed by atoms with Crippen molar-refractivity contribution >= 4 is 63.4 Å². The number of carbonyl (C=O) groups excluding carboxylic acids is 4. The third-order valence-corrected chi connectivity index (χ3v) is 5.66. The number of rotatable bonds is 5. The number of nitrogens with one attached hydrogen (secondary N) is 2. The minimum atomic E-state index is -0.819. The molecule has 3 rings (SSSR count). The molecule has 2 N–H and O–H groups in total. The zero-order valence-electron chi connectivity index (χ0n) is 16.0. The fraction of sp³-hybridized carbons (Fsp3) is 0.389. The third-order valence-electron chi connectivity index (χ3n) is 3.95. The molecule has 0 radical (unpaired) electrons. The number of hydrogen-bond donors (Lipinski definition) is 2. The summed E-state index contributed by atoms with van der Waals surface area (Å²) in [4.78, 5) is 60.1.